The van der Waals surface area contributed by atoms with Gasteiger partial charge in [0.15, 0.2) is 0 Å². The van der Waals surface area contributed by atoms with Gasteiger partial charge in [-0.2, -0.15) is 5.10 Å². The lowest BCUT2D eigenvalue weighted by Crippen LogP contribution is -2.14. The number of hydrazone groups is 1. The summed E-state index contributed by atoms with van der Waals surface area (Å²) in [7, 11) is 2.02. The van der Waals surface area contributed by atoms with Crippen LogP contribution in [0.25, 0.3) is 0 Å². The van der Waals surface area contributed by atoms with Gasteiger partial charge >= 0.3 is 0 Å². The molecule has 0 saturated heterocycles. The molecular formula is C20H37N3O. The molecule has 0 aliphatic carbocycles. The van der Waals surface area contributed by atoms with E-state index >= 15 is 0 Å². The average Bonchev–Trinajstić information content (AvgIpc) is 2.73. The highest BCUT2D eigenvalue weighted by atomic mass is 16.5. The minimum Gasteiger partial charge on any atom is -0.493 e. The smallest absolute Gasteiger partial charge is 0.126 e. The van der Waals surface area contributed by atoms with Crippen LogP contribution in [0.3, 0.4) is 0 Å². The molecule has 0 fully saturated rings. The Morgan fingerprint density at radius 2 is 1.88 bits per heavy atom. The molecule has 0 radical (unpaired) electrons. The molecule has 0 bridgehead atoms. The second kappa shape index (κ2) is 12.8. The van der Waals surface area contributed by atoms with E-state index in [1.807, 2.05) is 39.0 Å². The number of fused-ring (bicyclic) bond motifs is 3. The minimum absolute atomic E-state index is 0. The van der Waals surface area contributed by atoms with Crippen LogP contribution < -0.4 is 10.5 Å². The van der Waals surface area contributed by atoms with Gasteiger partial charge in [-0.25, -0.2) is 0 Å². The predicted molar refractivity (Wildman–Crippen MR) is 106 cm³/mol. The molecule has 0 aromatic heterocycles. The van der Waals surface area contributed by atoms with Gasteiger partial charge in [-0.3, -0.25) is 5.01 Å². The van der Waals surface area contributed by atoms with Crippen molar-refractivity contribution in [3.63, 3.8) is 0 Å². The molecular weight excluding hydrogens is 298 g/mol. The molecule has 0 saturated carbocycles. The first-order valence-electron chi connectivity index (χ1n) is 8.99. The Hall–Kier alpha value is -1.55. The molecule has 0 unspecified atom stereocenters. The van der Waals surface area contributed by atoms with Crippen molar-refractivity contribution in [1.82, 2.24) is 5.01 Å². The zero-order valence-electron chi connectivity index (χ0n) is 15.3. The summed E-state index contributed by atoms with van der Waals surface area (Å²) >= 11 is 0. The first kappa shape index (κ1) is 22.4. The fraction of sp³-hybridized carbons (Fsp3) is 0.650. The molecule has 2 aliphatic heterocycles. The minimum atomic E-state index is 0. The van der Waals surface area contributed by atoms with Crippen LogP contribution in [-0.2, 0) is 12.8 Å². The molecule has 3 rings (SSSR count). The quantitative estimate of drug-likeness (QED) is 0.771. The van der Waals surface area contributed by atoms with Crippen LogP contribution in [0.5, 0.6) is 5.75 Å². The maximum atomic E-state index is 6.04. The maximum Gasteiger partial charge on any atom is 0.126 e. The van der Waals surface area contributed by atoms with Crippen molar-refractivity contribution in [3.8, 4) is 5.75 Å². The Balaban J connectivity index is 0.000000799. The summed E-state index contributed by atoms with van der Waals surface area (Å²) < 4.78 is 6.04. The van der Waals surface area contributed by atoms with Gasteiger partial charge in [0.2, 0.25) is 0 Å². The van der Waals surface area contributed by atoms with Gasteiger partial charge in [-0.15, -0.1) is 0 Å². The molecule has 4 heteroatoms. The van der Waals surface area contributed by atoms with Crippen LogP contribution >= 0.6 is 0 Å². The number of hydrogen-bond acceptors (Lipinski definition) is 4. The highest BCUT2D eigenvalue weighted by Crippen LogP contribution is 2.31. The maximum absolute atomic E-state index is 6.04. The number of hydrogen-bond donors (Lipinski definition) is 1. The van der Waals surface area contributed by atoms with Gasteiger partial charge in [-0.05, 0) is 44.2 Å². The molecule has 24 heavy (non-hydrogen) atoms. The van der Waals surface area contributed by atoms with E-state index in [0.29, 0.717) is 0 Å². The molecule has 1 aromatic carbocycles. The van der Waals surface area contributed by atoms with Gasteiger partial charge in [0, 0.05) is 24.7 Å². The number of aryl methyl sites for hydroxylation is 1. The van der Waals surface area contributed by atoms with E-state index in [-0.39, 0.29) is 7.43 Å². The summed E-state index contributed by atoms with van der Waals surface area (Å²) in [6.45, 7) is 8.47. The molecule has 2 N–H and O–H groups in total. The Bertz CT molecular complexity index is 486. The predicted octanol–water partition coefficient (Wildman–Crippen LogP) is 4.24. The van der Waals surface area contributed by atoms with Crippen molar-refractivity contribution in [2.45, 2.75) is 60.3 Å². The number of nitrogens with zero attached hydrogens (tertiary/aromatic N) is 2. The second-order valence-corrected chi connectivity index (χ2v) is 5.56. The molecule has 0 atom stereocenters. The highest BCUT2D eigenvalue weighted by molar-refractivity contribution is 5.83. The Morgan fingerprint density at radius 3 is 2.58 bits per heavy atom. The summed E-state index contributed by atoms with van der Waals surface area (Å²) in [5.41, 5.74) is 8.80. The monoisotopic (exact) mass is 335 g/mol. The van der Waals surface area contributed by atoms with Gasteiger partial charge in [0.05, 0.1) is 12.8 Å². The van der Waals surface area contributed by atoms with E-state index < -0.39 is 0 Å². The van der Waals surface area contributed by atoms with Crippen LogP contribution in [-0.4, -0.2) is 38.0 Å². The lowest BCUT2D eigenvalue weighted by molar-refractivity contribution is 0.289. The van der Waals surface area contributed by atoms with Crippen LogP contribution in [0, 0.1) is 0 Å². The topological polar surface area (TPSA) is 50.8 Å². The van der Waals surface area contributed by atoms with E-state index in [0.717, 1.165) is 38.3 Å². The van der Waals surface area contributed by atoms with E-state index in [2.05, 4.69) is 17.2 Å². The van der Waals surface area contributed by atoms with Gasteiger partial charge < -0.3 is 10.5 Å². The summed E-state index contributed by atoms with van der Waals surface area (Å²) in [5, 5.41) is 6.40. The number of benzene rings is 1. The number of nitrogens with two attached hydrogens (primary N) is 1. The fourth-order valence-corrected chi connectivity index (χ4v) is 2.71. The molecule has 0 amide bonds. The van der Waals surface area contributed by atoms with Crippen LogP contribution in [0.2, 0.25) is 0 Å². The summed E-state index contributed by atoms with van der Waals surface area (Å²) in [5.74, 6) is 1.15. The molecule has 4 nitrogen and oxygen atoms in total. The highest BCUT2D eigenvalue weighted by Gasteiger charge is 2.17. The number of likely N-dealkylation sites (N-methyl/N-ethyl adjacent to an activating group) is 1. The first-order chi connectivity index (χ1) is 11.3. The number of ether oxygens (including phenoxy) is 1. The summed E-state index contributed by atoms with van der Waals surface area (Å²) in [4.78, 5) is 0. The number of rotatable bonds is 0. The van der Waals surface area contributed by atoms with Gasteiger partial charge in [0.1, 0.15) is 5.75 Å². The van der Waals surface area contributed by atoms with E-state index in [9.17, 15) is 0 Å². The van der Waals surface area contributed by atoms with Gasteiger partial charge in [-0.1, -0.05) is 40.3 Å². The zero-order valence-corrected chi connectivity index (χ0v) is 15.3. The normalized spacial score (nSPS) is 15.3. The van der Waals surface area contributed by atoms with Crippen molar-refractivity contribution in [3.05, 3.63) is 28.8 Å². The molecule has 2 heterocycles. The SMILES string of the molecule is C.CC.CCN.CN1CCc2c(ccc3c2OCCCCC3)C=N1. The first-order valence-corrected chi connectivity index (χ1v) is 8.99. The van der Waals surface area contributed by atoms with E-state index in [4.69, 9.17) is 10.5 Å². The van der Waals surface area contributed by atoms with Crippen molar-refractivity contribution in [2.24, 2.45) is 10.8 Å². The van der Waals surface area contributed by atoms with E-state index in [1.54, 1.807) is 0 Å². The Kier molecular flexibility index (Phi) is 12.0. The van der Waals surface area contributed by atoms with Crippen molar-refractivity contribution >= 4 is 6.21 Å². The Morgan fingerprint density at radius 1 is 1.17 bits per heavy atom. The average molecular weight is 336 g/mol. The lowest BCUT2D eigenvalue weighted by Gasteiger charge is -2.20. The fourth-order valence-electron chi connectivity index (χ4n) is 2.71. The molecule has 0 spiro atoms. The van der Waals surface area contributed by atoms with Crippen molar-refractivity contribution < 1.29 is 4.74 Å². The van der Waals surface area contributed by atoms with Crippen LogP contribution in [0.4, 0.5) is 0 Å². The second-order valence-electron chi connectivity index (χ2n) is 5.56. The van der Waals surface area contributed by atoms with Crippen molar-refractivity contribution in [2.75, 3.05) is 26.7 Å². The zero-order chi connectivity index (χ0) is 17.1. The van der Waals surface area contributed by atoms with Crippen LogP contribution in [0.1, 0.15) is 64.2 Å². The largest absolute Gasteiger partial charge is 0.493 e. The van der Waals surface area contributed by atoms with E-state index in [1.165, 1.54) is 36.0 Å². The third kappa shape index (κ3) is 6.52. The summed E-state index contributed by atoms with van der Waals surface area (Å²) in [6.07, 6.45) is 7.87. The Labute approximate surface area is 149 Å². The van der Waals surface area contributed by atoms with Crippen molar-refractivity contribution in [1.29, 1.82) is 0 Å². The molecule has 1 aromatic rings. The summed E-state index contributed by atoms with van der Waals surface area (Å²) in [6, 6.07) is 4.42. The van der Waals surface area contributed by atoms with Gasteiger partial charge in [0.25, 0.3) is 0 Å². The standard InChI is InChI=1S/C15H20N2O.C2H7N.C2H6.CH4/c1-17-9-8-14-13(11-16-17)7-6-12-5-3-2-4-10-18-15(12)14;1-2-3;1-2;/h6-7,11H,2-5,8-10H2,1H3;2-3H2,1H3;1-2H3;1H4. The van der Waals surface area contributed by atoms with Crippen LogP contribution in [0.15, 0.2) is 17.2 Å². The molecule has 138 valence electrons. The third-order valence-corrected chi connectivity index (χ3v) is 3.79. The third-order valence-electron chi connectivity index (χ3n) is 3.79. The molecule has 2 aliphatic rings. The lowest BCUT2D eigenvalue weighted by atomic mass is 9.96.